The van der Waals surface area contributed by atoms with E-state index < -0.39 is 0 Å². The molecule has 2 rings (SSSR count). The smallest absolute Gasteiger partial charge is 0.120 e. The lowest BCUT2D eigenvalue weighted by Crippen LogP contribution is -2.06. The summed E-state index contributed by atoms with van der Waals surface area (Å²) < 4.78 is 5.76. The molecule has 0 aliphatic rings. The molecule has 0 spiro atoms. The van der Waals surface area contributed by atoms with E-state index in [1.807, 2.05) is 19.1 Å². The van der Waals surface area contributed by atoms with Crippen LogP contribution in [0.25, 0.3) is 0 Å². The Morgan fingerprint density at radius 2 is 1.75 bits per heavy atom. The Morgan fingerprint density at radius 3 is 2.39 bits per heavy atom. The molecule has 4 heteroatoms. The summed E-state index contributed by atoms with van der Waals surface area (Å²) in [5, 5.41) is 7.37. The van der Waals surface area contributed by atoms with E-state index in [2.05, 4.69) is 60.7 Å². The van der Waals surface area contributed by atoms with E-state index in [1.54, 1.807) is 13.3 Å². The van der Waals surface area contributed by atoms with E-state index in [4.69, 9.17) is 9.57 Å². The summed E-state index contributed by atoms with van der Waals surface area (Å²) in [7, 11) is 1.55. The van der Waals surface area contributed by atoms with Gasteiger partial charge in [-0.2, -0.15) is 0 Å². The van der Waals surface area contributed by atoms with Crippen molar-refractivity contribution in [2.45, 2.75) is 40.0 Å². The van der Waals surface area contributed by atoms with Crippen LogP contribution in [0.4, 0.5) is 5.69 Å². The van der Waals surface area contributed by atoms with Crippen LogP contribution in [-0.2, 0) is 11.3 Å². The van der Waals surface area contributed by atoms with Crippen LogP contribution in [0, 0.1) is 13.8 Å². The summed E-state index contributed by atoms with van der Waals surface area (Å²) >= 11 is 0. The molecule has 0 fully saturated rings. The van der Waals surface area contributed by atoms with Gasteiger partial charge < -0.3 is 14.9 Å². The zero-order valence-corrected chi connectivity index (χ0v) is 17.5. The van der Waals surface area contributed by atoms with E-state index in [0.29, 0.717) is 6.61 Å². The van der Waals surface area contributed by atoms with E-state index >= 15 is 0 Å². The molecule has 4 nitrogen and oxygen atoms in total. The highest BCUT2D eigenvalue weighted by Gasteiger charge is 2.05. The normalized spacial score (nSPS) is 11.3. The topological polar surface area (TPSA) is 42.8 Å². The molecule has 0 bridgehead atoms. The van der Waals surface area contributed by atoms with Crippen molar-refractivity contribution in [2.75, 3.05) is 25.6 Å². The second kappa shape index (κ2) is 11.9. The predicted molar refractivity (Wildman–Crippen MR) is 119 cm³/mol. The predicted octanol–water partition coefficient (Wildman–Crippen LogP) is 5.67. The average molecular weight is 381 g/mol. The Bertz CT molecular complexity index is 757. The van der Waals surface area contributed by atoms with Gasteiger partial charge in [0, 0.05) is 12.2 Å². The number of rotatable bonds is 11. The number of hydrogen-bond acceptors (Lipinski definition) is 4. The fourth-order valence-corrected chi connectivity index (χ4v) is 3.08. The molecule has 0 aromatic heterocycles. The maximum absolute atomic E-state index is 5.76. The molecule has 0 aliphatic heterocycles. The Balaban J connectivity index is 1.76. The first-order valence-corrected chi connectivity index (χ1v) is 9.88. The third kappa shape index (κ3) is 7.10. The highest BCUT2D eigenvalue weighted by atomic mass is 16.6. The number of hydrogen-bond donors (Lipinski definition) is 1. The van der Waals surface area contributed by atoms with Gasteiger partial charge in [0.2, 0.25) is 0 Å². The number of unbranched alkanes of at least 4 members (excludes halogenated alkanes) is 1. The monoisotopic (exact) mass is 380 g/mol. The second-order valence-electron chi connectivity index (χ2n) is 6.85. The summed E-state index contributed by atoms with van der Waals surface area (Å²) in [6, 6.07) is 12.7. The maximum Gasteiger partial charge on any atom is 0.120 e. The Kier molecular flexibility index (Phi) is 9.13. The molecule has 28 heavy (non-hydrogen) atoms. The second-order valence-corrected chi connectivity index (χ2v) is 6.85. The number of allylic oxidation sites excluding steroid dienone is 1. The number of oxime groups is 1. The molecule has 0 heterocycles. The van der Waals surface area contributed by atoms with Gasteiger partial charge in [-0.1, -0.05) is 41.6 Å². The van der Waals surface area contributed by atoms with Crippen molar-refractivity contribution in [3.05, 3.63) is 70.8 Å². The third-order valence-corrected chi connectivity index (χ3v) is 4.57. The summed E-state index contributed by atoms with van der Waals surface area (Å²) in [6.45, 7) is 7.85. The third-order valence-electron chi connectivity index (χ3n) is 4.57. The molecule has 0 unspecified atom stereocenters. The molecular formula is C24H32N2O2. The summed E-state index contributed by atoms with van der Waals surface area (Å²) in [5.74, 6) is 0.928. The van der Waals surface area contributed by atoms with Gasteiger partial charge in [-0.25, -0.2) is 0 Å². The van der Waals surface area contributed by atoms with Gasteiger partial charge in [-0.15, -0.1) is 0 Å². The minimum Gasteiger partial charge on any atom is -0.490 e. The van der Waals surface area contributed by atoms with Gasteiger partial charge in [0.25, 0.3) is 0 Å². The highest BCUT2D eigenvalue weighted by molar-refractivity contribution is 5.79. The van der Waals surface area contributed by atoms with Crippen LogP contribution in [0.2, 0.25) is 0 Å². The Hall–Kier alpha value is -2.75. The SMILES string of the molecule is C/C=C/COc1cc(C)c(NCCCCc2ccc(/C=N/OC)cc2)c(C)c1. The van der Waals surface area contributed by atoms with Crippen molar-refractivity contribution in [3.63, 3.8) is 0 Å². The molecule has 0 saturated carbocycles. The number of nitrogens with one attached hydrogen (secondary N) is 1. The molecule has 2 aromatic rings. The number of anilines is 1. The van der Waals surface area contributed by atoms with Gasteiger partial charge in [0.15, 0.2) is 0 Å². The number of aryl methyl sites for hydroxylation is 3. The van der Waals surface area contributed by atoms with Crippen LogP contribution in [0.5, 0.6) is 5.75 Å². The van der Waals surface area contributed by atoms with E-state index in [0.717, 1.165) is 37.1 Å². The van der Waals surface area contributed by atoms with Crippen LogP contribution in [0.15, 0.2) is 53.7 Å². The summed E-state index contributed by atoms with van der Waals surface area (Å²) in [4.78, 5) is 4.70. The molecule has 0 amide bonds. The largest absolute Gasteiger partial charge is 0.490 e. The Morgan fingerprint density at radius 1 is 1.04 bits per heavy atom. The van der Waals surface area contributed by atoms with Crippen molar-refractivity contribution in [1.82, 2.24) is 0 Å². The van der Waals surface area contributed by atoms with E-state index in [1.165, 1.54) is 22.4 Å². The van der Waals surface area contributed by atoms with Gasteiger partial charge >= 0.3 is 0 Å². The lowest BCUT2D eigenvalue weighted by atomic mass is 10.1. The quantitative estimate of drug-likeness (QED) is 0.236. The first kappa shape index (κ1) is 21.5. The molecule has 2 aromatic carbocycles. The first-order valence-electron chi connectivity index (χ1n) is 9.88. The summed E-state index contributed by atoms with van der Waals surface area (Å²) in [5.41, 5.74) is 6.08. The van der Waals surface area contributed by atoms with Crippen LogP contribution in [0.3, 0.4) is 0 Å². The molecule has 0 atom stereocenters. The Labute approximate surface area is 169 Å². The minimum atomic E-state index is 0.613. The van der Waals surface area contributed by atoms with Crippen LogP contribution in [0.1, 0.15) is 42.0 Å². The van der Waals surface area contributed by atoms with Gasteiger partial charge in [0.1, 0.15) is 19.5 Å². The van der Waals surface area contributed by atoms with Crippen LogP contribution < -0.4 is 10.1 Å². The van der Waals surface area contributed by atoms with E-state index in [-0.39, 0.29) is 0 Å². The van der Waals surface area contributed by atoms with Crippen molar-refractivity contribution in [2.24, 2.45) is 5.16 Å². The van der Waals surface area contributed by atoms with Gasteiger partial charge in [-0.3, -0.25) is 0 Å². The van der Waals surface area contributed by atoms with Crippen molar-refractivity contribution in [1.29, 1.82) is 0 Å². The van der Waals surface area contributed by atoms with Crippen LogP contribution >= 0.6 is 0 Å². The zero-order valence-electron chi connectivity index (χ0n) is 17.5. The lowest BCUT2D eigenvalue weighted by molar-refractivity contribution is 0.215. The van der Waals surface area contributed by atoms with Gasteiger partial charge in [-0.05, 0) is 74.4 Å². The molecule has 0 radical (unpaired) electrons. The van der Waals surface area contributed by atoms with Crippen molar-refractivity contribution >= 4 is 11.9 Å². The van der Waals surface area contributed by atoms with Gasteiger partial charge in [0.05, 0.1) is 6.21 Å². The first-order chi connectivity index (χ1) is 13.6. The molecule has 150 valence electrons. The molecule has 0 aliphatic carbocycles. The number of ether oxygens (including phenoxy) is 1. The summed E-state index contributed by atoms with van der Waals surface area (Å²) in [6.07, 6.45) is 9.10. The molecular weight excluding hydrogens is 348 g/mol. The zero-order chi connectivity index (χ0) is 20.2. The maximum atomic E-state index is 5.76. The van der Waals surface area contributed by atoms with Crippen LogP contribution in [-0.4, -0.2) is 26.5 Å². The minimum absolute atomic E-state index is 0.613. The molecule has 1 N–H and O–H groups in total. The standard InChI is InChI=1S/C24H32N2O2/c1-5-6-15-28-23-16-19(2)24(20(3)17-23)25-14-8-7-9-21-10-12-22(13-11-21)18-26-27-4/h5-6,10-13,16-18,25H,7-9,14-15H2,1-4H3/b6-5+,26-18+. The fourth-order valence-electron chi connectivity index (χ4n) is 3.08. The van der Waals surface area contributed by atoms with Crippen molar-refractivity contribution < 1.29 is 9.57 Å². The number of benzene rings is 2. The average Bonchev–Trinajstić information content (AvgIpc) is 2.69. The number of nitrogens with zero attached hydrogens (tertiary/aromatic N) is 1. The lowest BCUT2D eigenvalue weighted by Gasteiger charge is -2.15. The fraction of sp³-hybridized carbons (Fsp3) is 0.375. The van der Waals surface area contributed by atoms with E-state index in [9.17, 15) is 0 Å². The van der Waals surface area contributed by atoms with Crippen molar-refractivity contribution in [3.8, 4) is 5.75 Å². The molecule has 0 saturated heterocycles. The highest BCUT2D eigenvalue weighted by Crippen LogP contribution is 2.26.